The topological polar surface area (TPSA) is 66.8 Å². The normalized spacial score (nSPS) is 9.85. The highest BCUT2D eigenvalue weighted by molar-refractivity contribution is 8.00. The SMILES string of the molecule is C=CCN(CC(=O)O)C(=O)CSc1ccc(OC)cc1. The van der Waals surface area contributed by atoms with Gasteiger partial charge in [0.05, 0.1) is 12.9 Å². The van der Waals surface area contributed by atoms with Gasteiger partial charge in [-0.1, -0.05) is 6.08 Å². The molecule has 108 valence electrons. The summed E-state index contributed by atoms with van der Waals surface area (Å²) in [7, 11) is 1.59. The van der Waals surface area contributed by atoms with Crippen molar-refractivity contribution in [2.75, 3.05) is 26.0 Å². The van der Waals surface area contributed by atoms with E-state index in [1.165, 1.54) is 22.7 Å². The molecule has 0 bridgehead atoms. The summed E-state index contributed by atoms with van der Waals surface area (Å²) in [5.74, 6) is -0.324. The van der Waals surface area contributed by atoms with Gasteiger partial charge in [0.2, 0.25) is 5.91 Å². The van der Waals surface area contributed by atoms with Crippen LogP contribution in [0.25, 0.3) is 0 Å². The molecule has 0 aliphatic heterocycles. The van der Waals surface area contributed by atoms with E-state index in [0.717, 1.165) is 10.6 Å². The first-order chi connectivity index (χ1) is 9.56. The van der Waals surface area contributed by atoms with Gasteiger partial charge >= 0.3 is 5.97 Å². The lowest BCUT2D eigenvalue weighted by atomic mass is 10.3. The summed E-state index contributed by atoms with van der Waals surface area (Å²) in [6.07, 6.45) is 1.51. The Hall–Kier alpha value is -1.95. The van der Waals surface area contributed by atoms with E-state index in [9.17, 15) is 9.59 Å². The van der Waals surface area contributed by atoms with Gasteiger partial charge in [-0.15, -0.1) is 18.3 Å². The molecular formula is C14H17NO4S. The maximum Gasteiger partial charge on any atom is 0.323 e. The molecule has 0 saturated heterocycles. The zero-order chi connectivity index (χ0) is 15.0. The van der Waals surface area contributed by atoms with Crippen molar-refractivity contribution < 1.29 is 19.4 Å². The molecule has 0 unspecified atom stereocenters. The minimum absolute atomic E-state index is 0.188. The van der Waals surface area contributed by atoms with E-state index >= 15 is 0 Å². The molecule has 0 spiro atoms. The standard InChI is InChI=1S/C14H17NO4S/c1-3-8-15(9-14(17)18)13(16)10-20-12-6-4-11(19-2)5-7-12/h3-7H,1,8-10H2,2H3,(H,17,18). The predicted molar refractivity (Wildman–Crippen MR) is 78.1 cm³/mol. The summed E-state index contributed by atoms with van der Waals surface area (Å²) in [5.41, 5.74) is 0. The highest BCUT2D eigenvalue weighted by atomic mass is 32.2. The van der Waals surface area contributed by atoms with Crippen LogP contribution in [0, 0.1) is 0 Å². The Balaban J connectivity index is 2.54. The van der Waals surface area contributed by atoms with Crippen LogP contribution in [0.4, 0.5) is 0 Å². The van der Waals surface area contributed by atoms with Gasteiger partial charge in [-0.2, -0.15) is 0 Å². The average Bonchev–Trinajstić information content (AvgIpc) is 2.44. The number of benzene rings is 1. The van der Waals surface area contributed by atoms with Crippen LogP contribution in [0.2, 0.25) is 0 Å². The number of amides is 1. The number of hydrogen-bond donors (Lipinski definition) is 1. The third-order valence-corrected chi connectivity index (χ3v) is 3.45. The van der Waals surface area contributed by atoms with Crippen LogP contribution < -0.4 is 4.74 Å². The number of carboxylic acid groups (broad SMARTS) is 1. The molecule has 1 aromatic rings. The Morgan fingerprint density at radius 3 is 2.55 bits per heavy atom. The Bertz CT molecular complexity index is 473. The fraction of sp³-hybridized carbons (Fsp3) is 0.286. The van der Waals surface area contributed by atoms with Gasteiger partial charge < -0.3 is 14.7 Å². The van der Waals surface area contributed by atoms with Gasteiger partial charge in [0, 0.05) is 11.4 Å². The summed E-state index contributed by atoms with van der Waals surface area (Å²) in [6.45, 7) is 3.44. The third kappa shape index (κ3) is 5.36. The van der Waals surface area contributed by atoms with E-state index in [0.29, 0.717) is 0 Å². The zero-order valence-corrected chi connectivity index (χ0v) is 12.1. The molecule has 0 aromatic heterocycles. The second kappa shape index (κ2) is 8.27. The van der Waals surface area contributed by atoms with E-state index in [-0.39, 0.29) is 24.7 Å². The second-order valence-electron chi connectivity index (χ2n) is 3.92. The highest BCUT2D eigenvalue weighted by Crippen LogP contribution is 2.21. The first-order valence-electron chi connectivity index (χ1n) is 5.94. The number of thioether (sulfide) groups is 1. The van der Waals surface area contributed by atoms with E-state index < -0.39 is 5.97 Å². The van der Waals surface area contributed by atoms with Crippen LogP contribution in [0.15, 0.2) is 41.8 Å². The zero-order valence-electron chi connectivity index (χ0n) is 11.2. The van der Waals surface area contributed by atoms with E-state index in [4.69, 9.17) is 9.84 Å². The first kappa shape index (κ1) is 16.1. The van der Waals surface area contributed by atoms with Crippen LogP contribution in [-0.2, 0) is 9.59 Å². The smallest absolute Gasteiger partial charge is 0.323 e. The Kier molecular flexibility index (Phi) is 6.66. The van der Waals surface area contributed by atoms with Crippen LogP contribution in [0.1, 0.15) is 0 Å². The minimum Gasteiger partial charge on any atom is -0.497 e. The maximum absolute atomic E-state index is 11.9. The number of carboxylic acids is 1. The summed E-state index contributed by atoms with van der Waals surface area (Å²) in [6, 6.07) is 7.33. The number of carbonyl (C=O) groups excluding carboxylic acids is 1. The lowest BCUT2D eigenvalue weighted by molar-refractivity contribution is -0.143. The number of rotatable bonds is 8. The largest absolute Gasteiger partial charge is 0.497 e. The molecule has 1 aromatic carbocycles. The van der Waals surface area contributed by atoms with Gasteiger partial charge in [0.25, 0.3) is 0 Å². The first-order valence-corrected chi connectivity index (χ1v) is 6.92. The van der Waals surface area contributed by atoms with E-state index in [2.05, 4.69) is 6.58 Å². The van der Waals surface area contributed by atoms with E-state index in [1.807, 2.05) is 24.3 Å². The molecule has 1 rings (SSSR count). The molecule has 20 heavy (non-hydrogen) atoms. The summed E-state index contributed by atoms with van der Waals surface area (Å²) < 4.78 is 5.05. The Morgan fingerprint density at radius 2 is 2.05 bits per heavy atom. The molecule has 0 radical (unpaired) electrons. The molecule has 6 heteroatoms. The van der Waals surface area contributed by atoms with Gasteiger partial charge in [0.15, 0.2) is 0 Å². The van der Waals surface area contributed by atoms with Crippen LogP contribution >= 0.6 is 11.8 Å². The Labute approximate surface area is 122 Å². The molecule has 0 aliphatic carbocycles. The molecule has 5 nitrogen and oxygen atoms in total. The Morgan fingerprint density at radius 1 is 1.40 bits per heavy atom. The van der Waals surface area contributed by atoms with Crippen molar-refractivity contribution in [3.8, 4) is 5.75 Å². The van der Waals surface area contributed by atoms with Crippen molar-refractivity contribution in [2.24, 2.45) is 0 Å². The maximum atomic E-state index is 11.9. The molecule has 0 aliphatic rings. The summed E-state index contributed by atoms with van der Waals surface area (Å²) in [5, 5.41) is 8.75. The van der Waals surface area contributed by atoms with Gasteiger partial charge in [-0.25, -0.2) is 0 Å². The van der Waals surface area contributed by atoms with Gasteiger partial charge in [-0.05, 0) is 24.3 Å². The number of nitrogens with zero attached hydrogens (tertiary/aromatic N) is 1. The fourth-order valence-corrected chi connectivity index (χ4v) is 2.28. The molecule has 0 heterocycles. The van der Waals surface area contributed by atoms with Gasteiger partial charge in [0.1, 0.15) is 12.3 Å². The molecular weight excluding hydrogens is 278 g/mol. The number of methoxy groups -OCH3 is 1. The summed E-state index contributed by atoms with van der Waals surface area (Å²) in [4.78, 5) is 24.8. The minimum atomic E-state index is -1.03. The molecule has 0 fully saturated rings. The second-order valence-corrected chi connectivity index (χ2v) is 4.97. The van der Waals surface area contributed by atoms with Crippen molar-refractivity contribution >= 4 is 23.6 Å². The lowest BCUT2D eigenvalue weighted by Gasteiger charge is -2.18. The third-order valence-electron chi connectivity index (χ3n) is 2.45. The summed E-state index contributed by atoms with van der Waals surface area (Å²) >= 11 is 1.35. The highest BCUT2D eigenvalue weighted by Gasteiger charge is 2.15. The monoisotopic (exact) mass is 295 g/mol. The van der Waals surface area contributed by atoms with E-state index in [1.54, 1.807) is 7.11 Å². The van der Waals surface area contributed by atoms with Crippen molar-refractivity contribution in [1.29, 1.82) is 0 Å². The van der Waals surface area contributed by atoms with Crippen molar-refractivity contribution in [3.63, 3.8) is 0 Å². The van der Waals surface area contributed by atoms with Crippen molar-refractivity contribution in [3.05, 3.63) is 36.9 Å². The molecule has 1 N–H and O–H groups in total. The van der Waals surface area contributed by atoms with Crippen LogP contribution in [-0.4, -0.2) is 47.8 Å². The average molecular weight is 295 g/mol. The van der Waals surface area contributed by atoms with Crippen LogP contribution in [0.3, 0.4) is 0 Å². The lowest BCUT2D eigenvalue weighted by Crippen LogP contribution is -2.36. The number of aliphatic carboxylic acids is 1. The quantitative estimate of drug-likeness (QED) is 0.586. The number of carbonyl (C=O) groups is 2. The number of ether oxygens (including phenoxy) is 1. The molecule has 0 saturated carbocycles. The number of hydrogen-bond acceptors (Lipinski definition) is 4. The predicted octanol–water partition coefficient (Wildman–Crippen LogP) is 1.89. The van der Waals surface area contributed by atoms with Crippen molar-refractivity contribution in [2.45, 2.75) is 4.90 Å². The van der Waals surface area contributed by atoms with Crippen molar-refractivity contribution in [1.82, 2.24) is 4.90 Å². The van der Waals surface area contributed by atoms with Crippen LogP contribution in [0.5, 0.6) is 5.75 Å². The molecule has 0 atom stereocenters. The fourth-order valence-electron chi connectivity index (χ4n) is 1.48. The molecule has 1 amide bonds. The van der Waals surface area contributed by atoms with Gasteiger partial charge in [-0.3, -0.25) is 9.59 Å².